The van der Waals surface area contributed by atoms with Gasteiger partial charge in [0.1, 0.15) is 12.4 Å². The van der Waals surface area contributed by atoms with E-state index in [-0.39, 0.29) is 24.2 Å². The smallest absolute Gasteiger partial charge is 0.228 e. The monoisotopic (exact) mass is 368 g/mol. The number of amides is 1. The number of hydrogen-bond donors (Lipinski definition) is 2. The molecular weight excluding hydrogens is 347 g/mol. The number of halogens is 2. The zero-order valence-corrected chi connectivity index (χ0v) is 15.3. The average molecular weight is 369 g/mol. The number of benzene rings is 2. The normalized spacial score (nSPS) is 11.3. The number of hydrogen-bond acceptors (Lipinski definition) is 3. The first-order valence-electron chi connectivity index (χ1n) is 7.52. The second-order valence-electron chi connectivity index (χ2n) is 5.36. The van der Waals surface area contributed by atoms with Gasteiger partial charge < -0.3 is 15.4 Å². The Kier molecular flexibility index (Phi) is 8.61. The highest BCUT2D eigenvalue weighted by Gasteiger charge is 2.14. The molecule has 6 heteroatoms. The van der Waals surface area contributed by atoms with Crippen molar-refractivity contribution in [2.45, 2.75) is 13.5 Å². The van der Waals surface area contributed by atoms with Gasteiger partial charge in [0.2, 0.25) is 5.91 Å². The third-order valence-electron chi connectivity index (χ3n) is 3.39. The van der Waals surface area contributed by atoms with Crippen molar-refractivity contribution < 1.29 is 9.53 Å². The second-order valence-corrected chi connectivity index (χ2v) is 5.80. The van der Waals surface area contributed by atoms with Crippen molar-refractivity contribution in [2.75, 3.05) is 18.9 Å². The van der Waals surface area contributed by atoms with Gasteiger partial charge in [-0.15, -0.1) is 12.4 Å². The lowest BCUT2D eigenvalue weighted by atomic mass is 10.1. The lowest BCUT2D eigenvalue weighted by molar-refractivity contribution is -0.119. The average Bonchev–Trinajstić information content (AvgIpc) is 2.54. The fourth-order valence-corrected chi connectivity index (χ4v) is 2.35. The van der Waals surface area contributed by atoms with Crippen LogP contribution in [-0.2, 0) is 11.4 Å². The molecule has 1 atom stereocenters. The van der Waals surface area contributed by atoms with Gasteiger partial charge in [-0.25, -0.2) is 0 Å². The molecule has 0 saturated carbocycles. The Bertz CT molecular complexity index is 665. The quantitative estimate of drug-likeness (QED) is 0.772. The number of carbonyl (C=O) groups excluding carboxylic acids is 1. The van der Waals surface area contributed by atoms with Crippen LogP contribution in [0, 0.1) is 5.92 Å². The summed E-state index contributed by atoms with van der Waals surface area (Å²) in [5, 5.41) is 6.58. The summed E-state index contributed by atoms with van der Waals surface area (Å²) in [6, 6.07) is 14.9. The molecule has 0 aromatic heterocycles. The van der Waals surface area contributed by atoms with Crippen LogP contribution in [0.1, 0.15) is 12.5 Å². The van der Waals surface area contributed by atoms with Crippen LogP contribution in [0.5, 0.6) is 5.75 Å². The molecule has 130 valence electrons. The van der Waals surface area contributed by atoms with E-state index in [0.29, 0.717) is 29.6 Å². The van der Waals surface area contributed by atoms with E-state index in [1.165, 1.54) is 0 Å². The zero-order valence-electron chi connectivity index (χ0n) is 13.7. The Morgan fingerprint density at radius 3 is 2.67 bits per heavy atom. The molecule has 0 aliphatic heterocycles. The summed E-state index contributed by atoms with van der Waals surface area (Å²) < 4.78 is 5.83. The zero-order chi connectivity index (χ0) is 16.7. The van der Waals surface area contributed by atoms with Gasteiger partial charge in [0.05, 0.1) is 5.69 Å². The van der Waals surface area contributed by atoms with Crippen molar-refractivity contribution in [2.24, 2.45) is 5.92 Å². The van der Waals surface area contributed by atoms with Crippen LogP contribution in [0.4, 0.5) is 5.69 Å². The van der Waals surface area contributed by atoms with E-state index in [2.05, 4.69) is 10.6 Å². The van der Waals surface area contributed by atoms with E-state index in [4.69, 9.17) is 16.3 Å². The predicted octanol–water partition coefficient (Wildman–Crippen LogP) is 4.13. The molecule has 1 unspecified atom stereocenters. The first-order chi connectivity index (χ1) is 11.1. The summed E-state index contributed by atoms with van der Waals surface area (Å²) in [6.45, 7) is 2.89. The predicted molar refractivity (Wildman–Crippen MR) is 101 cm³/mol. The molecule has 2 aromatic rings. The maximum Gasteiger partial charge on any atom is 0.228 e. The number of para-hydroxylation sites is 2. The molecule has 0 heterocycles. The van der Waals surface area contributed by atoms with E-state index in [9.17, 15) is 4.79 Å². The molecule has 2 rings (SSSR count). The number of carbonyl (C=O) groups is 1. The molecule has 0 radical (unpaired) electrons. The van der Waals surface area contributed by atoms with E-state index in [0.717, 1.165) is 5.56 Å². The standard InChI is InChI=1S/C18H21ClN2O2.ClH/c1-13(11-20-2)18(22)21-16-8-3-4-9-17(16)23-12-14-6-5-7-15(19)10-14;/h3-10,13,20H,11-12H2,1-2H3,(H,21,22);1H. The van der Waals surface area contributed by atoms with Crippen molar-refractivity contribution in [1.82, 2.24) is 5.32 Å². The van der Waals surface area contributed by atoms with Crippen LogP contribution in [-0.4, -0.2) is 19.5 Å². The number of rotatable bonds is 7. The Morgan fingerprint density at radius 2 is 1.96 bits per heavy atom. The van der Waals surface area contributed by atoms with Gasteiger partial charge in [0.15, 0.2) is 0 Å². The topological polar surface area (TPSA) is 50.4 Å². The second kappa shape index (κ2) is 10.2. The van der Waals surface area contributed by atoms with E-state index >= 15 is 0 Å². The van der Waals surface area contributed by atoms with Gasteiger partial charge >= 0.3 is 0 Å². The number of nitrogens with one attached hydrogen (secondary N) is 2. The maximum atomic E-state index is 12.1. The van der Waals surface area contributed by atoms with Crippen LogP contribution in [0.2, 0.25) is 5.02 Å². The van der Waals surface area contributed by atoms with Crippen LogP contribution in [0.25, 0.3) is 0 Å². The fraction of sp³-hybridized carbons (Fsp3) is 0.278. The molecule has 0 aliphatic rings. The van der Waals surface area contributed by atoms with Crippen LogP contribution < -0.4 is 15.4 Å². The Labute approximate surface area is 154 Å². The molecule has 24 heavy (non-hydrogen) atoms. The fourth-order valence-electron chi connectivity index (χ4n) is 2.14. The lowest BCUT2D eigenvalue weighted by Gasteiger charge is -2.15. The molecule has 0 saturated heterocycles. The summed E-state index contributed by atoms with van der Waals surface area (Å²) in [4.78, 5) is 12.1. The van der Waals surface area contributed by atoms with Crippen LogP contribution in [0.3, 0.4) is 0 Å². The minimum atomic E-state index is -0.124. The van der Waals surface area contributed by atoms with Crippen molar-refractivity contribution in [1.29, 1.82) is 0 Å². The van der Waals surface area contributed by atoms with Crippen molar-refractivity contribution in [3.05, 3.63) is 59.1 Å². The van der Waals surface area contributed by atoms with E-state index < -0.39 is 0 Å². The summed E-state index contributed by atoms with van der Waals surface area (Å²) in [5.74, 6) is 0.469. The molecule has 2 aromatic carbocycles. The maximum absolute atomic E-state index is 12.1. The molecule has 0 fully saturated rings. The lowest BCUT2D eigenvalue weighted by Crippen LogP contribution is -2.28. The molecule has 4 nitrogen and oxygen atoms in total. The Hall–Kier alpha value is -1.75. The van der Waals surface area contributed by atoms with Crippen molar-refractivity contribution in [3.63, 3.8) is 0 Å². The Morgan fingerprint density at radius 1 is 1.21 bits per heavy atom. The Balaban J connectivity index is 0.00000288. The van der Waals surface area contributed by atoms with Crippen molar-refractivity contribution >= 4 is 35.6 Å². The highest BCUT2D eigenvalue weighted by molar-refractivity contribution is 6.30. The molecule has 1 amide bonds. The molecule has 0 spiro atoms. The highest BCUT2D eigenvalue weighted by atomic mass is 35.5. The first kappa shape index (κ1) is 20.3. The van der Waals surface area contributed by atoms with E-state index in [1.807, 2.05) is 62.5 Å². The highest BCUT2D eigenvalue weighted by Crippen LogP contribution is 2.25. The first-order valence-corrected chi connectivity index (χ1v) is 7.89. The van der Waals surface area contributed by atoms with Gasteiger partial charge in [-0.05, 0) is 36.9 Å². The third kappa shape index (κ3) is 6.04. The number of anilines is 1. The van der Waals surface area contributed by atoms with Gasteiger partial charge in [-0.1, -0.05) is 42.8 Å². The molecule has 0 aliphatic carbocycles. The molecule has 0 bridgehead atoms. The van der Waals surface area contributed by atoms with E-state index in [1.54, 1.807) is 0 Å². The summed E-state index contributed by atoms with van der Waals surface area (Å²) >= 11 is 5.97. The minimum absolute atomic E-state index is 0. The summed E-state index contributed by atoms with van der Waals surface area (Å²) in [5.41, 5.74) is 1.64. The molecule has 2 N–H and O–H groups in total. The van der Waals surface area contributed by atoms with Gasteiger partial charge in [-0.2, -0.15) is 0 Å². The third-order valence-corrected chi connectivity index (χ3v) is 3.62. The van der Waals surface area contributed by atoms with Crippen molar-refractivity contribution in [3.8, 4) is 5.75 Å². The molecular formula is C18H22Cl2N2O2. The van der Waals surface area contributed by atoms with Gasteiger partial charge in [0.25, 0.3) is 0 Å². The van der Waals surface area contributed by atoms with Crippen LogP contribution >= 0.6 is 24.0 Å². The van der Waals surface area contributed by atoms with Crippen LogP contribution in [0.15, 0.2) is 48.5 Å². The largest absolute Gasteiger partial charge is 0.487 e. The minimum Gasteiger partial charge on any atom is -0.487 e. The van der Waals surface area contributed by atoms with Gasteiger partial charge in [-0.3, -0.25) is 4.79 Å². The van der Waals surface area contributed by atoms with Gasteiger partial charge in [0, 0.05) is 17.5 Å². The SMILES string of the molecule is CNCC(C)C(=O)Nc1ccccc1OCc1cccc(Cl)c1.Cl. The number of ether oxygens (including phenoxy) is 1. The summed E-state index contributed by atoms with van der Waals surface area (Å²) in [6.07, 6.45) is 0. The summed E-state index contributed by atoms with van der Waals surface area (Å²) in [7, 11) is 1.83.